The first-order valence-corrected chi connectivity index (χ1v) is 12.6. The van der Waals surface area contributed by atoms with Gasteiger partial charge < -0.3 is 14.1 Å². The van der Waals surface area contributed by atoms with Crippen molar-refractivity contribution < 1.29 is 22.7 Å². The molecule has 3 aromatic carbocycles. The zero-order chi connectivity index (χ0) is 25.6. The second kappa shape index (κ2) is 9.44. The van der Waals surface area contributed by atoms with Gasteiger partial charge in [-0.2, -0.15) is 0 Å². The Labute approximate surface area is 210 Å². The van der Waals surface area contributed by atoms with Crippen molar-refractivity contribution in [3.63, 3.8) is 0 Å². The summed E-state index contributed by atoms with van der Waals surface area (Å²) in [6.07, 6.45) is 1.86. The highest BCUT2D eigenvalue weighted by Crippen LogP contribution is 2.38. The second-order valence-electron chi connectivity index (χ2n) is 7.85. The van der Waals surface area contributed by atoms with Gasteiger partial charge in [-0.15, -0.1) is 11.8 Å². The molecule has 0 aliphatic heterocycles. The fourth-order valence-corrected chi connectivity index (χ4v) is 5.16. The summed E-state index contributed by atoms with van der Waals surface area (Å²) in [4.78, 5) is 26.8. The van der Waals surface area contributed by atoms with Crippen LogP contribution in [0.3, 0.4) is 0 Å². The average molecular weight is 528 g/mol. The van der Waals surface area contributed by atoms with E-state index in [0.29, 0.717) is 34.3 Å². The quantitative estimate of drug-likeness (QED) is 0.218. The van der Waals surface area contributed by atoms with Crippen LogP contribution in [-0.2, 0) is 6.54 Å². The molecule has 0 aliphatic rings. The topological polar surface area (TPSA) is 72.4 Å². The van der Waals surface area contributed by atoms with Crippen LogP contribution in [0.2, 0.25) is 0 Å². The summed E-state index contributed by atoms with van der Waals surface area (Å²) < 4.78 is 47.9. The second-order valence-corrected chi connectivity index (χ2v) is 9.78. The Hall–Kier alpha value is -3.63. The predicted molar refractivity (Wildman–Crippen MR) is 134 cm³/mol. The van der Waals surface area contributed by atoms with Gasteiger partial charge >= 0.3 is 5.63 Å². The molecule has 0 atom stereocenters. The van der Waals surface area contributed by atoms with E-state index in [-0.39, 0.29) is 22.4 Å². The smallest absolute Gasteiger partial charge is 0.354 e. The average Bonchev–Trinajstić information content (AvgIpc) is 2.86. The number of rotatable bonds is 5. The van der Waals surface area contributed by atoms with Gasteiger partial charge in [-0.1, -0.05) is 23.9 Å². The van der Waals surface area contributed by atoms with Crippen LogP contribution < -0.4 is 11.2 Å². The number of hydrogen-bond donors (Lipinski definition) is 1. The van der Waals surface area contributed by atoms with Gasteiger partial charge in [-0.05, 0) is 54.3 Å². The Morgan fingerprint density at radius 1 is 0.944 bits per heavy atom. The molecule has 0 aliphatic carbocycles. The molecular formula is C26H16F3NO4S2. The zero-order valence-corrected chi connectivity index (χ0v) is 20.2. The number of aromatic hydroxyl groups is 1. The highest BCUT2D eigenvalue weighted by Gasteiger charge is 2.23. The lowest BCUT2D eigenvalue weighted by Crippen LogP contribution is -2.23. The summed E-state index contributed by atoms with van der Waals surface area (Å²) in [6, 6.07) is 13.7. The molecule has 0 unspecified atom stereocenters. The fourth-order valence-electron chi connectivity index (χ4n) is 3.89. The maximum atomic E-state index is 14.2. The van der Waals surface area contributed by atoms with Gasteiger partial charge in [0, 0.05) is 21.2 Å². The minimum absolute atomic E-state index is 0.0534. The Bertz CT molecular complexity index is 1770. The maximum absolute atomic E-state index is 14.2. The highest BCUT2D eigenvalue weighted by atomic mass is 32.2. The number of aromatic nitrogens is 1. The van der Waals surface area contributed by atoms with E-state index >= 15 is 0 Å². The van der Waals surface area contributed by atoms with Crippen LogP contribution in [0.25, 0.3) is 21.9 Å². The van der Waals surface area contributed by atoms with Gasteiger partial charge in [0.1, 0.15) is 27.7 Å². The van der Waals surface area contributed by atoms with Crippen molar-refractivity contribution in [1.29, 1.82) is 0 Å². The van der Waals surface area contributed by atoms with Crippen molar-refractivity contribution in [2.75, 3.05) is 6.26 Å². The first-order chi connectivity index (χ1) is 17.3. The molecule has 2 heterocycles. The van der Waals surface area contributed by atoms with E-state index in [4.69, 9.17) is 4.42 Å². The van der Waals surface area contributed by atoms with Crippen LogP contribution in [0, 0.1) is 17.5 Å². The standard InChI is InChI=1S/C26H16F3NO4S2/c1-35-16-7-8-19-17(11-16)23-21(25(32)30(19)12-13-2-4-14(27)5-3-13)22(31)24(26(33)34-23)36-20-9-6-15(28)10-18(20)29/h2-11,31H,12H2,1H3. The Kier molecular flexibility index (Phi) is 6.31. The normalized spacial score (nSPS) is 11.4. The summed E-state index contributed by atoms with van der Waals surface area (Å²) in [6.45, 7) is 0.0534. The molecule has 10 heteroatoms. The van der Waals surface area contributed by atoms with Gasteiger partial charge in [0.2, 0.25) is 0 Å². The van der Waals surface area contributed by atoms with Gasteiger partial charge in [-0.25, -0.2) is 18.0 Å². The predicted octanol–water partition coefficient (Wildman–Crippen LogP) is 6.15. The number of pyridine rings is 1. The Balaban J connectivity index is 1.79. The molecule has 0 amide bonds. The van der Waals surface area contributed by atoms with E-state index in [1.165, 1.54) is 40.6 Å². The van der Waals surface area contributed by atoms with Crippen molar-refractivity contribution in [2.45, 2.75) is 21.2 Å². The number of fused-ring (bicyclic) bond motifs is 3. The number of thioether (sulfide) groups is 1. The zero-order valence-electron chi connectivity index (χ0n) is 18.6. The summed E-state index contributed by atoms with van der Waals surface area (Å²) >= 11 is 1.97. The first kappa shape index (κ1) is 24.1. The monoisotopic (exact) mass is 527 g/mol. The third-order valence-corrected chi connectivity index (χ3v) is 7.46. The molecule has 0 saturated heterocycles. The van der Waals surface area contributed by atoms with Crippen LogP contribution in [-0.4, -0.2) is 15.9 Å². The van der Waals surface area contributed by atoms with Crippen molar-refractivity contribution in [2.24, 2.45) is 0 Å². The molecule has 182 valence electrons. The minimum atomic E-state index is -0.972. The minimum Gasteiger partial charge on any atom is -0.505 e. The summed E-state index contributed by atoms with van der Waals surface area (Å²) in [5.41, 5.74) is -0.649. The molecule has 0 saturated carbocycles. The molecule has 5 nitrogen and oxygen atoms in total. The number of hydrogen-bond acceptors (Lipinski definition) is 6. The van der Waals surface area contributed by atoms with Gasteiger partial charge in [-0.3, -0.25) is 4.79 Å². The largest absolute Gasteiger partial charge is 0.505 e. The fraction of sp³-hybridized carbons (Fsp3) is 0.0769. The molecule has 1 N–H and O–H groups in total. The SMILES string of the molecule is CSc1ccc2c(c1)c1oc(=O)c(Sc3ccc(F)cc3F)c(O)c1c(=O)n2Cc1ccc(F)cc1. The van der Waals surface area contributed by atoms with Crippen molar-refractivity contribution in [1.82, 2.24) is 4.57 Å². The van der Waals surface area contributed by atoms with E-state index in [9.17, 15) is 27.9 Å². The molecule has 5 aromatic rings. The first-order valence-electron chi connectivity index (χ1n) is 10.5. The van der Waals surface area contributed by atoms with E-state index in [2.05, 4.69) is 0 Å². The van der Waals surface area contributed by atoms with Crippen molar-refractivity contribution >= 4 is 45.4 Å². The molecular weight excluding hydrogens is 511 g/mol. The third-order valence-electron chi connectivity index (χ3n) is 5.62. The lowest BCUT2D eigenvalue weighted by Gasteiger charge is -2.15. The van der Waals surface area contributed by atoms with Crippen LogP contribution in [0.1, 0.15) is 5.56 Å². The van der Waals surface area contributed by atoms with Crippen molar-refractivity contribution in [3.05, 3.63) is 104 Å². The summed E-state index contributed by atoms with van der Waals surface area (Å²) in [5.74, 6) is -2.82. The molecule has 0 radical (unpaired) electrons. The van der Waals surface area contributed by atoms with Gasteiger partial charge in [0.05, 0.1) is 12.1 Å². The molecule has 0 bridgehead atoms. The third kappa shape index (κ3) is 4.27. The number of halogens is 3. The maximum Gasteiger partial charge on any atom is 0.354 e. The molecule has 36 heavy (non-hydrogen) atoms. The van der Waals surface area contributed by atoms with E-state index < -0.39 is 39.3 Å². The highest BCUT2D eigenvalue weighted by molar-refractivity contribution is 7.99. The molecule has 2 aromatic heterocycles. The van der Waals surface area contributed by atoms with E-state index in [0.717, 1.165) is 17.0 Å². The van der Waals surface area contributed by atoms with Crippen molar-refractivity contribution in [3.8, 4) is 5.75 Å². The van der Waals surface area contributed by atoms with Crippen LogP contribution in [0.4, 0.5) is 13.2 Å². The molecule has 5 rings (SSSR count). The Morgan fingerprint density at radius 3 is 2.36 bits per heavy atom. The van der Waals surface area contributed by atoms with Gasteiger partial charge in [0.25, 0.3) is 5.56 Å². The van der Waals surface area contributed by atoms with Gasteiger partial charge in [0.15, 0.2) is 11.3 Å². The summed E-state index contributed by atoms with van der Waals surface area (Å²) in [7, 11) is 0. The molecule has 0 fully saturated rings. The lowest BCUT2D eigenvalue weighted by atomic mass is 10.1. The number of nitrogens with zero attached hydrogens (tertiary/aromatic N) is 1. The van der Waals surface area contributed by atoms with E-state index in [1.807, 2.05) is 6.26 Å². The van der Waals surface area contributed by atoms with Crippen LogP contribution in [0.5, 0.6) is 5.75 Å². The van der Waals surface area contributed by atoms with E-state index in [1.54, 1.807) is 18.2 Å². The molecule has 0 spiro atoms. The summed E-state index contributed by atoms with van der Waals surface area (Å²) in [5, 5.41) is 11.2. The van der Waals surface area contributed by atoms with Crippen LogP contribution >= 0.6 is 23.5 Å². The Morgan fingerprint density at radius 2 is 1.67 bits per heavy atom. The lowest BCUT2D eigenvalue weighted by molar-refractivity contribution is 0.446. The van der Waals surface area contributed by atoms with Crippen LogP contribution in [0.15, 0.2) is 89.4 Å². The number of benzene rings is 3.